The molecule has 1 saturated heterocycles. The van der Waals surface area contributed by atoms with Gasteiger partial charge >= 0.3 is 12.2 Å². The number of likely N-dealkylation sites (N-methyl/N-ethyl adjacent to an activating group) is 1. The molecular formula is C58H80N8O11. The van der Waals surface area contributed by atoms with Gasteiger partial charge in [0.05, 0.1) is 5.52 Å². The summed E-state index contributed by atoms with van der Waals surface area (Å²) in [5.41, 5.74) is 0.199. The van der Waals surface area contributed by atoms with Crippen LogP contribution >= 0.6 is 0 Å². The highest BCUT2D eigenvalue weighted by molar-refractivity contribution is 5.99. The van der Waals surface area contributed by atoms with E-state index in [1.807, 2.05) is 26.8 Å². The molecule has 1 aliphatic heterocycles. The predicted octanol–water partition coefficient (Wildman–Crippen LogP) is 6.27. The van der Waals surface area contributed by atoms with Crippen LogP contribution in [0.5, 0.6) is 5.75 Å². The number of nitrogens with zero attached hydrogens (tertiary/aromatic N) is 2. The Morgan fingerprint density at radius 3 is 1.74 bits per heavy atom. The van der Waals surface area contributed by atoms with Gasteiger partial charge < -0.3 is 51.0 Å². The van der Waals surface area contributed by atoms with Crippen LogP contribution in [0.4, 0.5) is 9.59 Å². The van der Waals surface area contributed by atoms with E-state index >= 15 is 9.59 Å². The fourth-order valence-corrected chi connectivity index (χ4v) is 8.59. The predicted molar refractivity (Wildman–Crippen MR) is 293 cm³/mol. The lowest BCUT2D eigenvalue weighted by Crippen LogP contribution is -2.62. The van der Waals surface area contributed by atoms with E-state index in [9.17, 15) is 28.8 Å². The molecule has 3 aromatic carbocycles. The number of alkyl carbamates (subject to hydrolysis) is 1. The number of fused-ring (bicyclic) bond motifs is 1. The van der Waals surface area contributed by atoms with Crippen molar-refractivity contribution in [1.29, 1.82) is 0 Å². The second kappa shape index (κ2) is 26.1. The molecule has 77 heavy (non-hydrogen) atoms. The Labute approximate surface area is 452 Å². The third kappa shape index (κ3) is 18.4. The van der Waals surface area contributed by atoms with Crippen molar-refractivity contribution in [3.05, 3.63) is 102 Å². The molecule has 5 rings (SSSR count). The largest absolute Gasteiger partial charge is 0.488 e. The molecule has 1 aromatic heterocycles. The van der Waals surface area contributed by atoms with E-state index in [2.05, 4.69) is 31.9 Å². The van der Waals surface area contributed by atoms with Crippen LogP contribution in [0.3, 0.4) is 0 Å². The van der Waals surface area contributed by atoms with E-state index in [1.165, 1.54) is 29.6 Å². The molecule has 1 aliphatic rings. The van der Waals surface area contributed by atoms with Crippen LogP contribution in [0.1, 0.15) is 119 Å². The number of benzene rings is 3. The summed E-state index contributed by atoms with van der Waals surface area (Å²) in [5, 5.41) is 17.6. The van der Waals surface area contributed by atoms with Crippen LogP contribution in [0.2, 0.25) is 0 Å². The van der Waals surface area contributed by atoms with Gasteiger partial charge in [-0.05, 0) is 129 Å². The summed E-state index contributed by atoms with van der Waals surface area (Å²) in [6.07, 6.45) is 0.660. The first-order chi connectivity index (χ1) is 36.0. The van der Waals surface area contributed by atoms with Crippen molar-refractivity contribution in [3.63, 3.8) is 0 Å². The molecule has 7 amide bonds. The highest BCUT2D eigenvalue weighted by Crippen LogP contribution is 2.25. The maximum Gasteiger partial charge on any atom is 0.419 e. The number of amides is 7. The Bertz CT molecular complexity index is 2720. The minimum absolute atomic E-state index is 0.0179. The molecule has 4 aromatic rings. The maximum atomic E-state index is 15.1. The fourth-order valence-electron chi connectivity index (χ4n) is 8.59. The molecule has 0 spiro atoms. The molecule has 0 unspecified atom stereocenters. The topological polar surface area (TPSA) is 245 Å². The Morgan fingerprint density at radius 2 is 1.13 bits per heavy atom. The number of aromatic nitrogens is 1. The van der Waals surface area contributed by atoms with Crippen molar-refractivity contribution in [1.82, 2.24) is 41.4 Å². The number of carbonyl (C=O) groups is 8. The Hall–Kier alpha value is -7.44. The van der Waals surface area contributed by atoms with Crippen molar-refractivity contribution in [3.8, 4) is 5.75 Å². The molecule has 19 heteroatoms. The quantitative estimate of drug-likeness (QED) is 0.0816. The average Bonchev–Trinajstić information content (AvgIpc) is 3.72. The van der Waals surface area contributed by atoms with E-state index in [0.717, 1.165) is 0 Å². The first kappa shape index (κ1) is 60.4. The molecular weight excluding hydrogens is 985 g/mol. The number of rotatable bonds is 13. The summed E-state index contributed by atoms with van der Waals surface area (Å²) >= 11 is 0. The number of hydrogen-bond acceptors (Lipinski definition) is 11. The summed E-state index contributed by atoms with van der Waals surface area (Å²) in [7, 11) is 1.43. The lowest BCUT2D eigenvalue weighted by Gasteiger charge is -2.32. The Morgan fingerprint density at radius 1 is 0.597 bits per heavy atom. The van der Waals surface area contributed by atoms with Crippen molar-refractivity contribution in [2.75, 3.05) is 13.6 Å². The van der Waals surface area contributed by atoms with Gasteiger partial charge in [0.1, 0.15) is 58.8 Å². The molecule has 19 nitrogen and oxygen atoms in total. The number of ether oxygens (including phenoxy) is 3. The SMILES string of the molecule is CC(C)[C@@H]1NC(=O)[C@H](CCCCNC(=O)OC(C)(C)C)NC(=O)[C@@H](Cc2cn(C(=O)OC(C)(C)C)c3ccccc23)NC(=O)[C@H](Cc2ccc(OC(C)(C)C)cc2)NC(=O)[C@H](C)N(C)C(=O)[C@H](Cc2ccccc2)NC1=O. The van der Waals surface area contributed by atoms with Crippen LogP contribution in [-0.2, 0) is 57.5 Å². The fraction of sp³-hybridized carbons (Fsp3) is 0.517. The van der Waals surface area contributed by atoms with Crippen LogP contribution in [0.15, 0.2) is 85.1 Å². The summed E-state index contributed by atoms with van der Waals surface area (Å²) in [5.74, 6) is -4.21. The van der Waals surface area contributed by atoms with Gasteiger partial charge in [0.25, 0.3) is 0 Å². The highest BCUT2D eigenvalue weighted by Gasteiger charge is 2.37. The van der Waals surface area contributed by atoms with E-state index in [1.54, 1.807) is 128 Å². The van der Waals surface area contributed by atoms with Crippen LogP contribution < -0.4 is 36.6 Å². The van der Waals surface area contributed by atoms with Crippen molar-refractivity contribution < 1.29 is 52.6 Å². The van der Waals surface area contributed by atoms with Gasteiger partial charge in [-0.1, -0.05) is 74.5 Å². The smallest absolute Gasteiger partial charge is 0.419 e. The molecule has 6 N–H and O–H groups in total. The van der Waals surface area contributed by atoms with Gasteiger partial charge in [-0.15, -0.1) is 0 Å². The lowest BCUT2D eigenvalue weighted by molar-refractivity contribution is -0.143. The molecule has 6 atom stereocenters. The first-order valence-electron chi connectivity index (χ1n) is 26.4. The molecule has 2 heterocycles. The number of hydrogen-bond donors (Lipinski definition) is 6. The van der Waals surface area contributed by atoms with Crippen molar-refractivity contribution >= 4 is 58.5 Å². The summed E-state index contributed by atoms with van der Waals surface area (Å²) in [4.78, 5) is 116. The lowest BCUT2D eigenvalue weighted by atomic mass is 9.98. The van der Waals surface area contributed by atoms with Gasteiger partial charge in [-0.25, -0.2) is 9.59 Å². The molecule has 0 radical (unpaired) electrons. The maximum absolute atomic E-state index is 15.1. The standard InChI is InChI=1S/C58H80N8O11/c1-35(2)47-52(71)63-45(32-37-21-15-14-16-22-37)53(72)65(13)36(3)48(67)61-43(31-38-26-28-40(29-27-38)75-56(4,5)6)50(69)62-44(33-39-34-66(55(74)77-58(10,11)12)46-25-18-17-23-41(39)46)51(70)60-42(49(68)64-47)24-19-20-30-59-54(73)76-57(7,8)9/h14-18,21-23,25-29,34-36,42-45,47H,19-20,24,30-33H2,1-13H3,(H,59,73)(H,60,70)(H,61,67)(H,62,69)(H,63,71)(H,64,68)/t36-,42-,43-,44+,45-,47-/m0/s1. The number of nitrogens with one attached hydrogen (secondary N) is 6. The van der Waals surface area contributed by atoms with Crippen LogP contribution in [0.25, 0.3) is 10.9 Å². The van der Waals surface area contributed by atoms with Crippen LogP contribution in [0, 0.1) is 5.92 Å². The molecule has 0 saturated carbocycles. The molecule has 0 aliphatic carbocycles. The van der Waals surface area contributed by atoms with Gasteiger partial charge in [0, 0.05) is 44.4 Å². The highest BCUT2D eigenvalue weighted by atomic mass is 16.6. The summed E-state index contributed by atoms with van der Waals surface area (Å²) in [6, 6.07) is 15.3. The zero-order chi connectivity index (χ0) is 57.0. The second-order valence-corrected chi connectivity index (χ2v) is 23.0. The van der Waals surface area contributed by atoms with E-state index in [-0.39, 0.29) is 32.2 Å². The monoisotopic (exact) mass is 1060 g/mol. The second-order valence-electron chi connectivity index (χ2n) is 23.0. The van der Waals surface area contributed by atoms with E-state index in [4.69, 9.17) is 14.2 Å². The first-order valence-corrected chi connectivity index (χ1v) is 26.4. The minimum atomic E-state index is -1.45. The van der Waals surface area contributed by atoms with E-state index < -0.39 is 107 Å². The Balaban J connectivity index is 1.62. The van der Waals surface area contributed by atoms with Crippen LogP contribution in [-0.4, -0.2) is 124 Å². The third-order valence-corrected chi connectivity index (χ3v) is 12.5. The van der Waals surface area contributed by atoms with Gasteiger partial charge in [-0.3, -0.25) is 33.3 Å². The third-order valence-electron chi connectivity index (χ3n) is 12.5. The average molecular weight is 1070 g/mol. The summed E-state index contributed by atoms with van der Waals surface area (Å²) < 4.78 is 18.5. The van der Waals surface area contributed by atoms with Gasteiger partial charge in [0.2, 0.25) is 35.4 Å². The Kier molecular flexibility index (Phi) is 20.5. The van der Waals surface area contributed by atoms with Crippen molar-refractivity contribution in [2.45, 2.75) is 175 Å². The number of para-hydroxylation sites is 1. The molecule has 1 fully saturated rings. The van der Waals surface area contributed by atoms with Gasteiger partial charge in [0.15, 0.2) is 0 Å². The van der Waals surface area contributed by atoms with Crippen molar-refractivity contribution in [2.24, 2.45) is 5.92 Å². The molecule has 418 valence electrons. The van der Waals surface area contributed by atoms with E-state index in [0.29, 0.717) is 46.2 Å². The van der Waals surface area contributed by atoms with Gasteiger partial charge in [-0.2, -0.15) is 0 Å². The minimum Gasteiger partial charge on any atom is -0.488 e. The number of unbranched alkanes of at least 4 members (excludes halogenated alkanes) is 1. The number of carbonyl (C=O) groups excluding carboxylic acids is 8. The molecule has 0 bridgehead atoms. The zero-order valence-electron chi connectivity index (χ0n) is 47.0. The summed E-state index contributed by atoms with van der Waals surface area (Å²) in [6.45, 7) is 21.3. The normalized spacial score (nSPS) is 20.7. The zero-order valence-corrected chi connectivity index (χ0v) is 47.0.